The standard InChI is InChI=1S/C22H25N3O4S/c1-15(14-28-2)25-21(27)19(13-20(26)23-16-8-5-4-6-9-16)30-22(25)24-17-10-7-11-18(12-17)29-3/h4-12,15,19H,13-14H2,1-3H3,(H,23,26). The summed E-state index contributed by atoms with van der Waals surface area (Å²) in [5, 5.41) is 2.84. The predicted octanol–water partition coefficient (Wildman–Crippen LogP) is 3.69. The minimum absolute atomic E-state index is 0.0612. The zero-order chi connectivity index (χ0) is 21.5. The van der Waals surface area contributed by atoms with Crippen molar-refractivity contribution in [2.75, 3.05) is 26.1 Å². The van der Waals surface area contributed by atoms with Gasteiger partial charge in [0.05, 0.1) is 25.4 Å². The van der Waals surface area contributed by atoms with E-state index in [0.29, 0.717) is 28.9 Å². The van der Waals surface area contributed by atoms with Crippen LogP contribution in [0.4, 0.5) is 11.4 Å². The molecule has 1 N–H and O–H groups in total. The first-order valence-electron chi connectivity index (χ1n) is 9.58. The van der Waals surface area contributed by atoms with Crippen LogP contribution >= 0.6 is 11.8 Å². The number of amides is 2. The minimum Gasteiger partial charge on any atom is -0.497 e. The highest BCUT2D eigenvalue weighted by molar-refractivity contribution is 8.15. The number of methoxy groups -OCH3 is 2. The number of ether oxygens (including phenoxy) is 2. The van der Waals surface area contributed by atoms with Crippen LogP contribution in [0.25, 0.3) is 0 Å². The summed E-state index contributed by atoms with van der Waals surface area (Å²) in [5.41, 5.74) is 1.38. The minimum atomic E-state index is -0.544. The van der Waals surface area contributed by atoms with Crippen LogP contribution in [0, 0.1) is 0 Å². The van der Waals surface area contributed by atoms with Crippen molar-refractivity contribution < 1.29 is 19.1 Å². The first-order chi connectivity index (χ1) is 14.5. The second-order valence-electron chi connectivity index (χ2n) is 6.83. The van der Waals surface area contributed by atoms with Gasteiger partial charge in [-0.25, -0.2) is 4.99 Å². The average Bonchev–Trinajstić information content (AvgIpc) is 3.03. The van der Waals surface area contributed by atoms with E-state index in [1.54, 1.807) is 25.2 Å². The Morgan fingerprint density at radius 1 is 1.20 bits per heavy atom. The van der Waals surface area contributed by atoms with Crippen molar-refractivity contribution in [1.29, 1.82) is 0 Å². The summed E-state index contributed by atoms with van der Waals surface area (Å²) >= 11 is 1.30. The van der Waals surface area contributed by atoms with Gasteiger partial charge in [-0.1, -0.05) is 36.0 Å². The molecule has 8 heteroatoms. The molecule has 2 aromatic rings. The van der Waals surface area contributed by atoms with Crippen LogP contribution in [0.1, 0.15) is 13.3 Å². The molecule has 7 nitrogen and oxygen atoms in total. The van der Waals surface area contributed by atoms with Crippen LogP contribution in [-0.4, -0.2) is 54.0 Å². The van der Waals surface area contributed by atoms with Crippen LogP contribution in [0.2, 0.25) is 0 Å². The number of para-hydroxylation sites is 1. The number of hydrogen-bond donors (Lipinski definition) is 1. The maximum absolute atomic E-state index is 13.1. The van der Waals surface area contributed by atoms with Gasteiger partial charge in [0, 0.05) is 25.3 Å². The molecule has 2 unspecified atom stereocenters. The molecule has 1 saturated heterocycles. The third-order valence-corrected chi connectivity index (χ3v) is 5.67. The van der Waals surface area contributed by atoms with Gasteiger partial charge < -0.3 is 14.8 Å². The molecule has 0 radical (unpaired) electrons. The predicted molar refractivity (Wildman–Crippen MR) is 119 cm³/mol. The summed E-state index contributed by atoms with van der Waals surface area (Å²) in [7, 11) is 3.18. The molecule has 0 bridgehead atoms. The quantitative estimate of drug-likeness (QED) is 0.695. The molecule has 0 saturated carbocycles. The van der Waals surface area contributed by atoms with Gasteiger partial charge in [0.25, 0.3) is 0 Å². The summed E-state index contributed by atoms with van der Waals surface area (Å²) in [6, 6.07) is 16.3. The lowest BCUT2D eigenvalue weighted by atomic mass is 10.2. The summed E-state index contributed by atoms with van der Waals surface area (Å²) < 4.78 is 10.5. The van der Waals surface area contributed by atoms with Gasteiger partial charge in [0.1, 0.15) is 11.0 Å². The molecule has 158 valence electrons. The Balaban J connectivity index is 1.80. The number of nitrogens with one attached hydrogen (secondary N) is 1. The topological polar surface area (TPSA) is 80.2 Å². The lowest BCUT2D eigenvalue weighted by Crippen LogP contribution is -2.42. The second-order valence-corrected chi connectivity index (χ2v) is 8.00. The van der Waals surface area contributed by atoms with Gasteiger partial charge in [0.2, 0.25) is 11.8 Å². The smallest absolute Gasteiger partial charge is 0.243 e. The highest BCUT2D eigenvalue weighted by Gasteiger charge is 2.41. The van der Waals surface area contributed by atoms with Gasteiger partial charge in [-0.15, -0.1) is 0 Å². The van der Waals surface area contributed by atoms with Gasteiger partial charge in [-0.05, 0) is 31.2 Å². The number of rotatable bonds is 8. The number of nitrogens with zero attached hydrogens (tertiary/aromatic N) is 2. The Labute approximate surface area is 180 Å². The maximum atomic E-state index is 13.1. The molecule has 0 aromatic heterocycles. The van der Waals surface area contributed by atoms with Gasteiger partial charge >= 0.3 is 0 Å². The summed E-state index contributed by atoms with van der Waals surface area (Å²) in [4.78, 5) is 31.9. The van der Waals surface area contributed by atoms with Crippen LogP contribution in [-0.2, 0) is 14.3 Å². The van der Waals surface area contributed by atoms with Gasteiger partial charge in [0.15, 0.2) is 5.17 Å². The van der Waals surface area contributed by atoms with E-state index in [2.05, 4.69) is 10.3 Å². The third kappa shape index (κ3) is 5.40. The van der Waals surface area contributed by atoms with Crippen molar-refractivity contribution in [1.82, 2.24) is 4.90 Å². The van der Waals surface area contributed by atoms with E-state index in [-0.39, 0.29) is 24.3 Å². The van der Waals surface area contributed by atoms with Crippen molar-refractivity contribution in [3.8, 4) is 5.75 Å². The molecule has 30 heavy (non-hydrogen) atoms. The molecule has 1 aliphatic rings. The van der Waals surface area contributed by atoms with Crippen molar-refractivity contribution in [2.24, 2.45) is 4.99 Å². The second kappa shape index (κ2) is 10.3. The van der Waals surface area contributed by atoms with Crippen molar-refractivity contribution in [2.45, 2.75) is 24.6 Å². The Bertz CT molecular complexity index is 920. The fourth-order valence-electron chi connectivity index (χ4n) is 3.11. The molecule has 1 fully saturated rings. The number of thioether (sulfide) groups is 1. The first kappa shape index (κ1) is 21.9. The summed E-state index contributed by atoms with van der Waals surface area (Å²) in [6.07, 6.45) is 0.0612. The maximum Gasteiger partial charge on any atom is 0.243 e. The highest BCUT2D eigenvalue weighted by Crippen LogP contribution is 2.34. The van der Waals surface area contributed by atoms with Crippen LogP contribution in [0.15, 0.2) is 59.6 Å². The van der Waals surface area contributed by atoms with E-state index >= 15 is 0 Å². The molecule has 2 atom stereocenters. The van der Waals surface area contributed by atoms with E-state index in [9.17, 15) is 9.59 Å². The largest absolute Gasteiger partial charge is 0.497 e. The van der Waals surface area contributed by atoms with Crippen LogP contribution in [0.5, 0.6) is 5.75 Å². The van der Waals surface area contributed by atoms with Gasteiger partial charge in [-0.2, -0.15) is 0 Å². The number of anilines is 1. The summed E-state index contributed by atoms with van der Waals surface area (Å²) in [6.45, 7) is 2.27. The van der Waals surface area contributed by atoms with Crippen molar-refractivity contribution in [3.05, 3.63) is 54.6 Å². The Kier molecular flexibility index (Phi) is 7.48. The molecule has 2 amide bonds. The zero-order valence-corrected chi connectivity index (χ0v) is 18.0. The van der Waals surface area contributed by atoms with E-state index in [4.69, 9.17) is 9.47 Å². The van der Waals surface area contributed by atoms with Crippen molar-refractivity contribution >= 4 is 40.1 Å². The number of amidine groups is 1. The van der Waals surface area contributed by atoms with E-state index in [1.165, 1.54) is 11.8 Å². The van der Waals surface area contributed by atoms with E-state index < -0.39 is 5.25 Å². The highest BCUT2D eigenvalue weighted by atomic mass is 32.2. The van der Waals surface area contributed by atoms with Gasteiger partial charge in [-0.3, -0.25) is 14.5 Å². The molecule has 0 spiro atoms. The zero-order valence-electron chi connectivity index (χ0n) is 17.2. The average molecular weight is 428 g/mol. The number of aliphatic imine (C=N–C) groups is 1. The third-order valence-electron chi connectivity index (χ3n) is 4.52. The molecule has 1 aliphatic heterocycles. The number of hydrogen-bond acceptors (Lipinski definition) is 6. The molecular formula is C22H25N3O4S. The lowest BCUT2D eigenvalue weighted by Gasteiger charge is -2.23. The lowest BCUT2D eigenvalue weighted by molar-refractivity contribution is -0.130. The molecule has 2 aromatic carbocycles. The van der Waals surface area contributed by atoms with Crippen molar-refractivity contribution in [3.63, 3.8) is 0 Å². The monoisotopic (exact) mass is 427 g/mol. The molecule has 1 heterocycles. The number of benzene rings is 2. The molecule has 0 aliphatic carbocycles. The van der Waals surface area contributed by atoms with Crippen LogP contribution < -0.4 is 10.1 Å². The Morgan fingerprint density at radius 3 is 2.67 bits per heavy atom. The van der Waals surface area contributed by atoms with Crippen LogP contribution in [0.3, 0.4) is 0 Å². The fourth-order valence-corrected chi connectivity index (χ4v) is 4.35. The Morgan fingerprint density at radius 2 is 1.97 bits per heavy atom. The normalized spacial score (nSPS) is 18.5. The number of carbonyl (C=O) groups is 2. The van der Waals surface area contributed by atoms with E-state index in [0.717, 1.165) is 0 Å². The summed E-state index contributed by atoms with van der Waals surface area (Å²) in [5.74, 6) is 0.324. The number of carbonyl (C=O) groups excluding carboxylic acids is 2. The first-order valence-corrected chi connectivity index (χ1v) is 10.5. The fraction of sp³-hybridized carbons (Fsp3) is 0.318. The van der Waals surface area contributed by atoms with E-state index in [1.807, 2.05) is 55.5 Å². The molecular weight excluding hydrogens is 402 g/mol. The SMILES string of the molecule is COCC(C)N1C(=O)C(CC(=O)Nc2ccccc2)SC1=Nc1cccc(OC)c1. The Hall–Kier alpha value is -2.84. The molecule has 3 rings (SSSR count).